The van der Waals surface area contributed by atoms with E-state index < -0.39 is 6.36 Å². The quantitative estimate of drug-likeness (QED) is 0.348. The Kier molecular flexibility index (Phi) is 6.23. The molecule has 1 fully saturated rings. The number of hydrogen-bond acceptors (Lipinski definition) is 9. The molecule has 2 aliphatic rings. The van der Waals surface area contributed by atoms with Crippen molar-refractivity contribution in [1.29, 1.82) is 0 Å². The molecule has 11 heteroatoms. The van der Waals surface area contributed by atoms with E-state index in [1.807, 2.05) is 18.2 Å². The van der Waals surface area contributed by atoms with E-state index in [1.165, 1.54) is 13.1 Å². The summed E-state index contributed by atoms with van der Waals surface area (Å²) in [5.74, 6) is 0.221. The van der Waals surface area contributed by atoms with Gasteiger partial charge >= 0.3 is 0 Å². The molecule has 2 aliphatic heterocycles. The largest absolute Gasteiger partial charge is 0.503 e. The summed E-state index contributed by atoms with van der Waals surface area (Å²) in [6.07, 6.45) is -0.271. The number of carbonyl (C=O) groups is 1. The van der Waals surface area contributed by atoms with E-state index in [0.29, 0.717) is 29.2 Å². The normalized spacial score (nSPS) is 15.8. The first-order valence-electron chi connectivity index (χ1n) is 11.4. The summed E-state index contributed by atoms with van der Waals surface area (Å²) >= 11 is 0. The number of fused-ring (bicyclic) bond motifs is 1. The van der Waals surface area contributed by atoms with Crippen LogP contribution in [0, 0.1) is 0 Å². The zero-order chi connectivity index (χ0) is 24.4. The molecule has 182 valence electrons. The fourth-order valence-electron chi connectivity index (χ4n) is 4.17. The molecule has 0 bridgehead atoms. The molecule has 3 heterocycles. The fourth-order valence-corrected chi connectivity index (χ4v) is 4.17. The van der Waals surface area contributed by atoms with Gasteiger partial charge in [-0.3, -0.25) is 4.79 Å². The van der Waals surface area contributed by atoms with Crippen LogP contribution in [0.2, 0.25) is 0 Å². The minimum Gasteiger partial charge on any atom is -0.503 e. The second kappa shape index (κ2) is 9.63. The maximum absolute atomic E-state index is 13.8. The molecule has 1 unspecified atom stereocenters. The van der Waals surface area contributed by atoms with Crippen molar-refractivity contribution in [1.82, 2.24) is 20.6 Å². The van der Waals surface area contributed by atoms with Crippen LogP contribution in [-0.4, -0.2) is 53.5 Å². The maximum Gasteiger partial charge on any atom is 0.254 e. The van der Waals surface area contributed by atoms with Crippen LogP contribution in [0.3, 0.4) is 0 Å². The van der Waals surface area contributed by atoms with Crippen molar-refractivity contribution in [3.05, 3.63) is 53.7 Å². The van der Waals surface area contributed by atoms with E-state index >= 15 is 0 Å². The zero-order valence-corrected chi connectivity index (χ0v) is 19.1. The third-order valence-electron chi connectivity index (χ3n) is 5.82. The highest BCUT2D eigenvalue weighted by Gasteiger charge is 2.23. The first kappa shape index (κ1) is 22.7. The molecule has 3 aromatic rings. The van der Waals surface area contributed by atoms with E-state index in [4.69, 9.17) is 4.74 Å². The molecule has 10 nitrogen and oxygen atoms in total. The SMILES string of the molecule is CC(F)Oc1cc(N2CCNCC2)ccc1Nc1ncc(O)c(Nc2cccc3c2C(=O)NC3)n1. The summed E-state index contributed by atoms with van der Waals surface area (Å²) in [6, 6.07) is 10.9. The van der Waals surface area contributed by atoms with Crippen LogP contribution in [0.5, 0.6) is 11.5 Å². The number of halogens is 1. The van der Waals surface area contributed by atoms with Gasteiger partial charge in [-0.15, -0.1) is 0 Å². The highest BCUT2D eigenvalue weighted by Crippen LogP contribution is 2.34. The topological polar surface area (TPSA) is 124 Å². The molecule has 1 atom stereocenters. The van der Waals surface area contributed by atoms with Gasteiger partial charge in [0.15, 0.2) is 11.6 Å². The van der Waals surface area contributed by atoms with Gasteiger partial charge in [0.25, 0.3) is 5.91 Å². The number of rotatable bonds is 7. The second-order valence-electron chi connectivity index (χ2n) is 8.28. The summed E-state index contributed by atoms with van der Waals surface area (Å²) in [4.78, 5) is 22.9. The Hall–Kier alpha value is -4.12. The Labute approximate surface area is 201 Å². The lowest BCUT2D eigenvalue weighted by Crippen LogP contribution is -2.43. The van der Waals surface area contributed by atoms with Gasteiger partial charge in [0.05, 0.1) is 23.1 Å². The third kappa shape index (κ3) is 4.90. The number of aromatic nitrogens is 2. The molecular formula is C24H26FN7O3. The zero-order valence-electron chi connectivity index (χ0n) is 19.1. The number of nitrogens with zero attached hydrogens (tertiary/aromatic N) is 3. The van der Waals surface area contributed by atoms with E-state index in [9.17, 15) is 14.3 Å². The van der Waals surface area contributed by atoms with Gasteiger partial charge in [-0.2, -0.15) is 4.98 Å². The molecule has 1 aromatic heterocycles. The van der Waals surface area contributed by atoms with Gasteiger partial charge < -0.3 is 36.0 Å². The van der Waals surface area contributed by atoms with Gasteiger partial charge in [0.1, 0.15) is 5.75 Å². The highest BCUT2D eigenvalue weighted by atomic mass is 19.1. The van der Waals surface area contributed by atoms with Crippen molar-refractivity contribution < 1.29 is 19.0 Å². The number of anilines is 5. The minimum atomic E-state index is -1.52. The Morgan fingerprint density at radius 3 is 2.80 bits per heavy atom. The van der Waals surface area contributed by atoms with E-state index in [-0.39, 0.29) is 23.4 Å². The number of nitrogens with one attached hydrogen (secondary N) is 4. The summed E-state index contributed by atoms with van der Waals surface area (Å²) in [7, 11) is 0. The van der Waals surface area contributed by atoms with Gasteiger partial charge in [0, 0.05) is 51.4 Å². The van der Waals surface area contributed by atoms with Gasteiger partial charge in [-0.25, -0.2) is 9.37 Å². The monoisotopic (exact) mass is 479 g/mol. The lowest BCUT2D eigenvalue weighted by molar-refractivity contribution is 0.0868. The van der Waals surface area contributed by atoms with Crippen molar-refractivity contribution in [2.75, 3.05) is 41.7 Å². The number of piperazine rings is 1. The molecule has 0 saturated carbocycles. The maximum atomic E-state index is 13.8. The van der Waals surface area contributed by atoms with Crippen LogP contribution in [0.4, 0.5) is 33.2 Å². The molecule has 5 rings (SSSR count). The standard InChI is InChI=1S/C24H26FN7O3/c1-14(25)35-20-11-16(32-9-7-26-8-10-32)5-6-17(20)30-24-28-13-19(33)22(31-24)29-18-4-2-3-15-12-27-23(34)21(15)18/h2-6,11,13-14,26,33H,7-10,12H2,1H3,(H,27,34)(H2,28,29,30,31). The summed E-state index contributed by atoms with van der Waals surface area (Å²) in [6.45, 7) is 5.20. The first-order valence-corrected chi connectivity index (χ1v) is 11.4. The predicted molar refractivity (Wildman–Crippen MR) is 131 cm³/mol. The number of ether oxygens (including phenoxy) is 1. The van der Waals surface area contributed by atoms with E-state index in [1.54, 1.807) is 18.2 Å². The number of benzene rings is 2. The fraction of sp³-hybridized carbons (Fsp3) is 0.292. The first-order chi connectivity index (χ1) is 17.0. The second-order valence-corrected chi connectivity index (χ2v) is 8.28. The molecular weight excluding hydrogens is 453 g/mol. The molecule has 0 radical (unpaired) electrons. The molecule has 5 N–H and O–H groups in total. The molecule has 1 saturated heterocycles. The van der Waals surface area contributed by atoms with Crippen LogP contribution in [0.15, 0.2) is 42.6 Å². The number of aromatic hydroxyl groups is 1. The summed E-state index contributed by atoms with van der Waals surface area (Å²) in [5, 5.41) is 22.5. The van der Waals surface area contributed by atoms with Crippen molar-refractivity contribution in [3.63, 3.8) is 0 Å². The average molecular weight is 480 g/mol. The van der Waals surface area contributed by atoms with Crippen LogP contribution < -0.4 is 30.9 Å². The summed E-state index contributed by atoms with van der Waals surface area (Å²) in [5.41, 5.74) is 3.30. The lowest BCUT2D eigenvalue weighted by atomic mass is 10.1. The molecule has 0 aliphatic carbocycles. The minimum absolute atomic E-state index is 0.120. The van der Waals surface area contributed by atoms with Crippen molar-refractivity contribution >= 4 is 34.7 Å². The number of hydrogen-bond donors (Lipinski definition) is 5. The van der Waals surface area contributed by atoms with Gasteiger partial charge in [-0.05, 0) is 23.8 Å². The Balaban J connectivity index is 1.41. The Morgan fingerprint density at radius 2 is 2.00 bits per heavy atom. The smallest absolute Gasteiger partial charge is 0.254 e. The third-order valence-corrected chi connectivity index (χ3v) is 5.82. The van der Waals surface area contributed by atoms with Crippen molar-refractivity contribution in [2.24, 2.45) is 0 Å². The predicted octanol–water partition coefficient (Wildman–Crippen LogP) is 3.02. The van der Waals surface area contributed by atoms with Crippen molar-refractivity contribution in [2.45, 2.75) is 19.8 Å². The Morgan fingerprint density at radius 1 is 1.17 bits per heavy atom. The van der Waals surface area contributed by atoms with E-state index in [2.05, 4.69) is 36.1 Å². The Bertz CT molecular complexity index is 1250. The number of amides is 1. The number of alkyl halides is 1. The van der Waals surface area contributed by atoms with Crippen LogP contribution in [0.25, 0.3) is 0 Å². The van der Waals surface area contributed by atoms with Gasteiger partial charge in [0.2, 0.25) is 12.3 Å². The molecule has 35 heavy (non-hydrogen) atoms. The lowest BCUT2D eigenvalue weighted by Gasteiger charge is -2.30. The number of carbonyl (C=O) groups excluding carboxylic acids is 1. The van der Waals surface area contributed by atoms with E-state index in [0.717, 1.165) is 37.4 Å². The molecule has 1 amide bonds. The molecule has 0 spiro atoms. The highest BCUT2D eigenvalue weighted by molar-refractivity contribution is 6.04. The average Bonchev–Trinajstić information content (AvgIpc) is 3.24. The van der Waals surface area contributed by atoms with Crippen molar-refractivity contribution in [3.8, 4) is 11.5 Å². The van der Waals surface area contributed by atoms with Crippen LogP contribution >= 0.6 is 0 Å². The molecule has 2 aromatic carbocycles. The van der Waals surface area contributed by atoms with Crippen LogP contribution in [-0.2, 0) is 6.54 Å². The van der Waals surface area contributed by atoms with Crippen LogP contribution in [0.1, 0.15) is 22.8 Å². The van der Waals surface area contributed by atoms with Gasteiger partial charge in [-0.1, -0.05) is 12.1 Å². The summed E-state index contributed by atoms with van der Waals surface area (Å²) < 4.78 is 19.2.